The minimum atomic E-state index is -0.448. The lowest BCUT2D eigenvalue weighted by Crippen LogP contribution is -2.26. The van der Waals surface area contributed by atoms with Crippen LogP contribution in [-0.2, 0) is 14.3 Å². The number of allylic oxidation sites excluding steroid dienone is 1. The highest BCUT2D eigenvalue weighted by atomic mass is 16.5. The van der Waals surface area contributed by atoms with Crippen molar-refractivity contribution in [3.8, 4) is 0 Å². The van der Waals surface area contributed by atoms with Gasteiger partial charge in [-0.05, 0) is 13.8 Å². The zero-order chi connectivity index (χ0) is 12.1. The number of hydrogen-bond donors (Lipinski definition) is 0. The molecule has 0 spiro atoms. The van der Waals surface area contributed by atoms with Crippen LogP contribution in [0.3, 0.4) is 0 Å². The third-order valence-corrected chi connectivity index (χ3v) is 1.88. The molecule has 3 heteroatoms. The summed E-state index contributed by atoms with van der Waals surface area (Å²) < 4.78 is 4.85. The van der Waals surface area contributed by atoms with Crippen molar-refractivity contribution in [1.29, 1.82) is 0 Å². The number of ketones is 1. The van der Waals surface area contributed by atoms with E-state index in [9.17, 15) is 9.59 Å². The lowest BCUT2D eigenvalue weighted by atomic mass is 9.91. The minimum Gasteiger partial charge on any atom is -0.457 e. The van der Waals surface area contributed by atoms with E-state index in [1.54, 1.807) is 26.8 Å². The van der Waals surface area contributed by atoms with Gasteiger partial charge in [-0.2, -0.15) is 0 Å². The maximum absolute atomic E-state index is 11.4. The Balaban J connectivity index is 3.92. The van der Waals surface area contributed by atoms with Crippen LogP contribution >= 0.6 is 0 Å². The SMILES string of the molecule is CC(C)=CCC(=O)OCC(=O)C(C)(C)C. The number of carbonyl (C=O) groups is 2. The molecule has 15 heavy (non-hydrogen) atoms. The van der Waals surface area contributed by atoms with E-state index < -0.39 is 5.41 Å². The van der Waals surface area contributed by atoms with Crippen LogP contribution in [0.5, 0.6) is 0 Å². The van der Waals surface area contributed by atoms with Gasteiger partial charge in [-0.25, -0.2) is 0 Å². The summed E-state index contributed by atoms with van der Waals surface area (Å²) in [6.45, 7) is 9.11. The maximum atomic E-state index is 11.4. The van der Waals surface area contributed by atoms with Gasteiger partial charge in [0.2, 0.25) is 0 Å². The summed E-state index contributed by atoms with van der Waals surface area (Å²) in [6, 6.07) is 0. The highest BCUT2D eigenvalue weighted by Crippen LogP contribution is 2.14. The molecule has 0 aromatic carbocycles. The molecule has 0 radical (unpaired) electrons. The fourth-order valence-corrected chi connectivity index (χ4v) is 0.709. The number of rotatable bonds is 4. The quantitative estimate of drug-likeness (QED) is 0.531. The van der Waals surface area contributed by atoms with Crippen LogP contribution < -0.4 is 0 Å². The van der Waals surface area contributed by atoms with Gasteiger partial charge in [-0.1, -0.05) is 32.4 Å². The van der Waals surface area contributed by atoms with Crippen LogP contribution in [0.2, 0.25) is 0 Å². The van der Waals surface area contributed by atoms with E-state index in [0.29, 0.717) is 0 Å². The number of hydrogen-bond acceptors (Lipinski definition) is 3. The monoisotopic (exact) mass is 212 g/mol. The summed E-state index contributed by atoms with van der Waals surface area (Å²) in [4.78, 5) is 22.6. The Labute approximate surface area is 91.5 Å². The first-order valence-electron chi connectivity index (χ1n) is 5.06. The normalized spacial score (nSPS) is 10.7. The summed E-state index contributed by atoms with van der Waals surface area (Å²) in [7, 11) is 0. The van der Waals surface area contributed by atoms with E-state index in [0.717, 1.165) is 5.57 Å². The molecular formula is C12H20O3. The molecule has 0 aliphatic heterocycles. The molecule has 0 rings (SSSR count). The molecule has 3 nitrogen and oxygen atoms in total. The van der Waals surface area contributed by atoms with Crippen molar-refractivity contribution in [2.24, 2.45) is 5.41 Å². The predicted molar refractivity (Wildman–Crippen MR) is 59.5 cm³/mol. The highest BCUT2D eigenvalue weighted by Gasteiger charge is 2.22. The van der Waals surface area contributed by atoms with Gasteiger partial charge >= 0.3 is 5.97 Å². The number of Topliss-reactive ketones (excluding diaryl/α,β-unsaturated/α-hetero) is 1. The average Bonchev–Trinajstić information content (AvgIpc) is 2.09. The summed E-state index contributed by atoms with van der Waals surface area (Å²) >= 11 is 0. The van der Waals surface area contributed by atoms with Crippen molar-refractivity contribution in [3.05, 3.63) is 11.6 Å². The van der Waals surface area contributed by atoms with E-state index in [2.05, 4.69) is 0 Å². The number of carbonyl (C=O) groups excluding carboxylic acids is 2. The minimum absolute atomic E-state index is 0.0620. The van der Waals surface area contributed by atoms with Crippen molar-refractivity contribution in [2.45, 2.75) is 41.0 Å². The average molecular weight is 212 g/mol. The molecule has 0 amide bonds. The second-order valence-corrected chi connectivity index (χ2v) is 4.82. The van der Waals surface area contributed by atoms with Gasteiger partial charge in [0.25, 0.3) is 0 Å². The molecule has 0 aromatic heterocycles. The van der Waals surface area contributed by atoms with E-state index in [4.69, 9.17) is 4.74 Å². The molecule has 0 atom stereocenters. The Kier molecular flexibility index (Phi) is 5.26. The fraction of sp³-hybridized carbons (Fsp3) is 0.667. The van der Waals surface area contributed by atoms with E-state index in [1.165, 1.54) is 0 Å². The highest BCUT2D eigenvalue weighted by molar-refractivity contribution is 5.86. The summed E-state index contributed by atoms with van der Waals surface area (Å²) in [5.41, 5.74) is 0.616. The topological polar surface area (TPSA) is 43.4 Å². The van der Waals surface area contributed by atoms with Gasteiger partial charge in [0, 0.05) is 5.41 Å². The Morgan fingerprint density at radius 1 is 1.20 bits per heavy atom. The number of esters is 1. The van der Waals surface area contributed by atoms with Crippen molar-refractivity contribution in [2.75, 3.05) is 6.61 Å². The van der Waals surface area contributed by atoms with E-state index in [1.807, 2.05) is 13.8 Å². The molecule has 0 aromatic rings. The number of ether oxygens (including phenoxy) is 1. The third-order valence-electron chi connectivity index (χ3n) is 1.88. The first-order chi connectivity index (χ1) is 6.73. The van der Waals surface area contributed by atoms with Gasteiger partial charge in [0.1, 0.15) is 0 Å². The fourth-order valence-electron chi connectivity index (χ4n) is 0.709. The predicted octanol–water partition coefficient (Wildman–Crippen LogP) is 2.50. The molecule has 0 unspecified atom stereocenters. The third kappa shape index (κ3) is 6.89. The van der Waals surface area contributed by atoms with Gasteiger partial charge in [-0.3, -0.25) is 9.59 Å². The van der Waals surface area contributed by atoms with Crippen LogP contribution in [0, 0.1) is 5.41 Å². The van der Waals surface area contributed by atoms with Gasteiger partial charge < -0.3 is 4.74 Å². The standard InChI is InChI=1S/C12H20O3/c1-9(2)6-7-11(14)15-8-10(13)12(3,4)5/h6H,7-8H2,1-5H3. The molecule has 0 saturated carbocycles. The summed E-state index contributed by atoms with van der Waals surface area (Å²) in [5, 5.41) is 0. The largest absolute Gasteiger partial charge is 0.457 e. The lowest BCUT2D eigenvalue weighted by Gasteiger charge is -2.15. The van der Waals surface area contributed by atoms with Crippen molar-refractivity contribution in [3.63, 3.8) is 0 Å². The molecule has 0 heterocycles. The van der Waals surface area contributed by atoms with Crippen LogP contribution in [-0.4, -0.2) is 18.4 Å². The first-order valence-corrected chi connectivity index (χ1v) is 5.06. The van der Waals surface area contributed by atoms with Crippen molar-refractivity contribution >= 4 is 11.8 Å². The Morgan fingerprint density at radius 2 is 1.73 bits per heavy atom. The maximum Gasteiger partial charge on any atom is 0.310 e. The first kappa shape index (κ1) is 13.9. The van der Waals surface area contributed by atoms with Crippen molar-refractivity contribution in [1.82, 2.24) is 0 Å². The zero-order valence-corrected chi connectivity index (χ0v) is 10.2. The summed E-state index contributed by atoms with van der Waals surface area (Å²) in [6.07, 6.45) is 2.02. The van der Waals surface area contributed by atoms with Crippen LogP contribution in [0.1, 0.15) is 41.0 Å². The summed E-state index contributed by atoms with van der Waals surface area (Å²) in [5.74, 6) is -0.415. The van der Waals surface area contributed by atoms with Gasteiger partial charge in [0.15, 0.2) is 12.4 Å². The van der Waals surface area contributed by atoms with Crippen LogP contribution in [0.15, 0.2) is 11.6 Å². The second-order valence-electron chi connectivity index (χ2n) is 4.82. The Morgan fingerprint density at radius 3 is 2.13 bits per heavy atom. The zero-order valence-electron chi connectivity index (χ0n) is 10.2. The molecule has 0 fully saturated rings. The smallest absolute Gasteiger partial charge is 0.310 e. The molecule has 86 valence electrons. The van der Waals surface area contributed by atoms with Crippen molar-refractivity contribution < 1.29 is 14.3 Å². The Hall–Kier alpha value is -1.12. The molecule has 0 aliphatic carbocycles. The van der Waals surface area contributed by atoms with Gasteiger partial charge in [0.05, 0.1) is 6.42 Å². The molecule has 0 N–H and O–H groups in total. The van der Waals surface area contributed by atoms with Gasteiger partial charge in [-0.15, -0.1) is 0 Å². The van der Waals surface area contributed by atoms with Crippen LogP contribution in [0.4, 0.5) is 0 Å². The molecule has 0 aliphatic rings. The van der Waals surface area contributed by atoms with E-state index in [-0.39, 0.29) is 24.8 Å². The Bertz CT molecular complexity index is 265. The van der Waals surface area contributed by atoms with E-state index >= 15 is 0 Å². The lowest BCUT2D eigenvalue weighted by molar-refractivity contribution is -0.149. The molecule has 0 saturated heterocycles. The van der Waals surface area contributed by atoms with Crippen LogP contribution in [0.25, 0.3) is 0 Å². The molecule has 0 bridgehead atoms. The second kappa shape index (κ2) is 5.69. The molecular weight excluding hydrogens is 192 g/mol.